The number of hydrogen-bond acceptors (Lipinski definition) is 3. The molecule has 2 aromatic heterocycles. The van der Waals surface area contributed by atoms with Crippen LogP contribution < -0.4 is 5.73 Å². The molecule has 0 aliphatic carbocycles. The van der Waals surface area contributed by atoms with Crippen LogP contribution in [0.25, 0.3) is 16.9 Å². The average Bonchev–Trinajstić information content (AvgIpc) is 2.64. The largest absolute Gasteiger partial charge is 0.369 e. The number of pyridine rings is 1. The van der Waals surface area contributed by atoms with E-state index in [1.54, 1.807) is 0 Å². The first-order chi connectivity index (χ1) is 8.65. The van der Waals surface area contributed by atoms with Crippen molar-refractivity contribution in [2.75, 3.05) is 5.73 Å². The Morgan fingerprint density at radius 1 is 1.17 bits per heavy atom. The van der Waals surface area contributed by atoms with Crippen LogP contribution in [0.2, 0.25) is 0 Å². The third-order valence-electron chi connectivity index (χ3n) is 2.74. The SMILES string of the molecule is Cc1ccc2nc(N)n(-c3cccc(Br)c3)c2n1. The van der Waals surface area contributed by atoms with Crippen LogP contribution in [0.1, 0.15) is 5.69 Å². The van der Waals surface area contributed by atoms with Crippen LogP contribution in [0.5, 0.6) is 0 Å². The predicted octanol–water partition coefficient (Wildman–Crippen LogP) is 3.07. The van der Waals surface area contributed by atoms with E-state index in [1.165, 1.54) is 0 Å². The number of imidazole rings is 1. The average molecular weight is 303 g/mol. The van der Waals surface area contributed by atoms with E-state index in [4.69, 9.17) is 5.73 Å². The molecule has 18 heavy (non-hydrogen) atoms. The summed E-state index contributed by atoms with van der Waals surface area (Å²) in [6, 6.07) is 11.8. The lowest BCUT2D eigenvalue weighted by atomic mass is 10.3. The molecule has 0 bridgehead atoms. The summed E-state index contributed by atoms with van der Waals surface area (Å²) in [7, 11) is 0. The molecule has 4 nitrogen and oxygen atoms in total. The molecule has 0 aliphatic heterocycles. The van der Waals surface area contributed by atoms with Gasteiger partial charge in [-0.3, -0.25) is 4.57 Å². The molecule has 3 aromatic rings. The molecule has 5 heteroatoms. The van der Waals surface area contributed by atoms with Gasteiger partial charge < -0.3 is 5.73 Å². The lowest BCUT2D eigenvalue weighted by Gasteiger charge is -2.06. The molecular formula is C13H11BrN4. The predicted molar refractivity (Wildman–Crippen MR) is 75.7 cm³/mol. The number of aromatic nitrogens is 3. The lowest BCUT2D eigenvalue weighted by molar-refractivity contribution is 1.07. The fourth-order valence-electron chi connectivity index (χ4n) is 1.94. The molecule has 0 saturated carbocycles. The fraction of sp³-hybridized carbons (Fsp3) is 0.0769. The van der Waals surface area contributed by atoms with E-state index in [0.29, 0.717) is 5.95 Å². The topological polar surface area (TPSA) is 56.7 Å². The highest BCUT2D eigenvalue weighted by Gasteiger charge is 2.11. The van der Waals surface area contributed by atoms with Crippen LogP contribution in [-0.4, -0.2) is 14.5 Å². The molecule has 0 spiro atoms. The minimum atomic E-state index is 0.446. The highest BCUT2D eigenvalue weighted by atomic mass is 79.9. The summed E-state index contributed by atoms with van der Waals surface area (Å²) < 4.78 is 2.85. The molecule has 90 valence electrons. The minimum absolute atomic E-state index is 0.446. The van der Waals surface area contributed by atoms with Crippen LogP contribution in [0.4, 0.5) is 5.95 Å². The van der Waals surface area contributed by atoms with E-state index < -0.39 is 0 Å². The third kappa shape index (κ3) is 1.76. The van der Waals surface area contributed by atoms with Gasteiger partial charge in [0.1, 0.15) is 5.52 Å². The number of halogens is 1. The second-order valence-corrected chi connectivity index (χ2v) is 5.00. The monoisotopic (exact) mass is 302 g/mol. The van der Waals surface area contributed by atoms with Crippen molar-refractivity contribution in [2.45, 2.75) is 6.92 Å². The summed E-state index contributed by atoms with van der Waals surface area (Å²) in [5.74, 6) is 0.446. The molecule has 3 rings (SSSR count). The fourth-order valence-corrected chi connectivity index (χ4v) is 2.33. The Labute approximate surface area is 113 Å². The van der Waals surface area contributed by atoms with Gasteiger partial charge in [-0.05, 0) is 37.3 Å². The standard InChI is InChI=1S/C13H11BrN4/c1-8-5-6-11-12(16-8)18(13(15)17-11)10-4-2-3-9(14)7-10/h2-7H,1H3,(H2,15,17). The summed E-state index contributed by atoms with van der Waals surface area (Å²) in [6.45, 7) is 1.95. The smallest absolute Gasteiger partial charge is 0.207 e. The van der Waals surface area contributed by atoms with Crippen molar-refractivity contribution in [1.29, 1.82) is 0 Å². The van der Waals surface area contributed by atoms with Crippen LogP contribution in [0.3, 0.4) is 0 Å². The molecule has 2 heterocycles. The van der Waals surface area contributed by atoms with Crippen molar-refractivity contribution in [2.24, 2.45) is 0 Å². The Bertz CT molecular complexity index is 733. The number of nitrogens with two attached hydrogens (primary N) is 1. The maximum Gasteiger partial charge on any atom is 0.207 e. The summed E-state index contributed by atoms with van der Waals surface area (Å²) in [4.78, 5) is 8.83. The molecule has 0 aliphatic rings. The van der Waals surface area contributed by atoms with Crippen molar-refractivity contribution >= 4 is 33.0 Å². The Morgan fingerprint density at radius 2 is 2.00 bits per heavy atom. The van der Waals surface area contributed by atoms with E-state index in [-0.39, 0.29) is 0 Å². The van der Waals surface area contributed by atoms with Crippen LogP contribution >= 0.6 is 15.9 Å². The van der Waals surface area contributed by atoms with E-state index in [1.807, 2.05) is 47.9 Å². The molecule has 0 amide bonds. The second-order valence-electron chi connectivity index (χ2n) is 4.08. The van der Waals surface area contributed by atoms with Gasteiger partial charge in [0, 0.05) is 10.2 Å². The summed E-state index contributed by atoms with van der Waals surface area (Å²) >= 11 is 3.46. The second kappa shape index (κ2) is 4.10. The first kappa shape index (κ1) is 11.2. The zero-order valence-corrected chi connectivity index (χ0v) is 11.3. The van der Waals surface area contributed by atoms with Crippen LogP contribution in [0.15, 0.2) is 40.9 Å². The Hall–Kier alpha value is -1.88. The quantitative estimate of drug-likeness (QED) is 0.751. The number of rotatable bonds is 1. The van der Waals surface area contributed by atoms with Gasteiger partial charge in [0.05, 0.1) is 5.69 Å². The number of nitrogens with zero attached hydrogens (tertiary/aromatic N) is 3. The molecular weight excluding hydrogens is 292 g/mol. The summed E-state index contributed by atoms with van der Waals surface area (Å²) in [5, 5.41) is 0. The molecule has 0 fully saturated rings. The van der Waals surface area contributed by atoms with Gasteiger partial charge in [0.15, 0.2) is 5.65 Å². The molecule has 0 unspecified atom stereocenters. The van der Waals surface area contributed by atoms with Crippen molar-refractivity contribution in [1.82, 2.24) is 14.5 Å². The van der Waals surface area contributed by atoms with Crippen molar-refractivity contribution in [3.8, 4) is 5.69 Å². The Balaban J connectivity index is 2.34. The van der Waals surface area contributed by atoms with Gasteiger partial charge in [-0.15, -0.1) is 0 Å². The third-order valence-corrected chi connectivity index (χ3v) is 3.23. The number of aryl methyl sites for hydroxylation is 1. The zero-order valence-electron chi connectivity index (χ0n) is 9.76. The summed E-state index contributed by atoms with van der Waals surface area (Å²) in [6.07, 6.45) is 0. The number of nitrogen functional groups attached to an aromatic ring is 1. The van der Waals surface area contributed by atoms with Gasteiger partial charge in [-0.2, -0.15) is 0 Å². The van der Waals surface area contributed by atoms with Crippen LogP contribution in [-0.2, 0) is 0 Å². The van der Waals surface area contributed by atoms with Gasteiger partial charge in [-0.25, -0.2) is 9.97 Å². The number of fused-ring (bicyclic) bond motifs is 1. The molecule has 0 atom stereocenters. The Morgan fingerprint density at radius 3 is 2.78 bits per heavy atom. The number of anilines is 1. The molecule has 0 radical (unpaired) electrons. The maximum absolute atomic E-state index is 5.98. The minimum Gasteiger partial charge on any atom is -0.369 e. The van der Waals surface area contributed by atoms with E-state index in [2.05, 4.69) is 25.9 Å². The van der Waals surface area contributed by atoms with Gasteiger partial charge >= 0.3 is 0 Å². The zero-order chi connectivity index (χ0) is 12.7. The Kier molecular flexibility index (Phi) is 2.56. The van der Waals surface area contributed by atoms with Crippen molar-refractivity contribution < 1.29 is 0 Å². The van der Waals surface area contributed by atoms with E-state index >= 15 is 0 Å². The number of hydrogen-bond donors (Lipinski definition) is 1. The maximum atomic E-state index is 5.98. The summed E-state index contributed by atoms with van der Waals surface area (Å²) in [5.41, 5.74) is 9.46. The van der Waals surface area contributed by atoms with E-state index in [0.717, 1.165) is 27.0 Å². The molecule has 1 aromatic carbocycles. The first-order valence-electron chi connectivity index (χ1n) is 5.52. The van der Waals surface area contributed by atoms with E-state index in [9.17, 15) is 0 Å². The van der Waals surface area contributed by atoms with Gasteiger partial charge in [0.25, 0.3) is 0 Å². The van der Waals surface area contributed by atoms with Crippen molar-refractivity contribution in [3.63, 3.8) is 0 Å². The lowest BCUT2D eigenvalue weighted by Crippen LogP contribution is -2.01. The van der Waals surface area contributed by atoms with Crippen molar-refractivity contribution in [3.05, 3.63) is 46.6 Å². The van der Waals surface area contributed by atoms with Gasteiger partial charge in [0.2, 0.25) is 5.95 Å². The highest BCUT2D eigenvalue weighted by Crippen LogP contribution is 2.23. The normalized spacial score (nSPS) is 11.0. The van der Waals surface area contributed by atoms with Crippen LogP contribution in [0, 0.1) is 6.92 Å². The highest BCUT2D eigenvalue weighted by molar-refractivity contribution is 9.10. The molecule has 0 saturated heterocycles. The first-order valence-corrected chi connectivity index (χ1v) is 6.32. The van der Waals surface area contributed by atoms with Gasteiger partial charge in [-0.1, -0.05) is 22.0 Å². The number of benzene rings is 1. The molecule has 2 N–H and O–H groups in total.